The zero-order valence-corrected chi connectivity index (χ0v) is 13.6. The molecule has 0 saturated carbocycles. The van der Waals surface area contributed by atoms with Gasteiger partial charge in [0.05, 0.1) is 6.54 Å². The molecule has 0 radical (unpaired) electrons. The Bertz CT molecular complexity index is 333. The molecule has 0 aliphatic carbocycles. The Balaban J connectivity index is 1.96. The van der Waals surface area contributed by atoms with Gasteiger partial charge < -0.3 is 5.32 Å². The highest BCUT2D eigenvalue weighted by atomic mass is 15.3. The zero-order valence-electron chi connectivity index (χ0n) is 13.6. The highest BCUT2D eigenvalue weighted by Gasteiger charge is 2.06. The van der Waals surface area contributed by atoms with Crippen molar-refractivity contribution in [2.24, 2.45) is 0 Å². The average molecular weight is 280 g/mol. The third kappa shape index (κ3) is 7.04. The molecule has 4 nitrogen and oxygen atoms in total. The summed E-state index contributed by atoms with van der Waals surface area (Å²) in [4.78, 5) is 4.30. The summed E-state index contributed by atoms with van der Waals surface area (Å²) in [6.07, 6.45) is 12.6. The SMILES string of the molecule is CCCCCCCCCCNCc1ncnn1C(C)C. The highest BCUT2D eigenvalue weighted by Crippen LogP contribution is 2.08. The van der Waals surface area contributed by atoms with Gasteiger partial charge in [0, 0.05) is 6.04 Å². The predicted octanol–water partition coefficient (Wildman–Crippen LogP) is 4.09. The van der Waals surface area contributed by atoms with Gasteiger partial charge in [0.15, 0.2) is 0 Å². The van der Waals surface area contributed by atoms with Gasteiger partial charge in [-0.1, -0.05) is 51.9 Å². The molecule has 116 valence electrons. The lowest BCUT2D eigenvalue weighted by molar-refractivity contribution is 0.485. The summed E-state index contributed by atoms with van der Waals surface area (Å²) < 4.78 is 1.99. The Hall–Kier alpha value is -0.900. The Labute approximate surface area is 124 Å². The Morgan fingerprint density at radius 2 is 1.70 bits per heavy atom. The van der Waals surface area contributed by atoms with E-state index in [0.29, 0.717) is 6.04 Å². The molecule has 4 heteroatoms. The summed E-state index contributed by atoms with van der Waals surface area (Å²) in [6.45, 7) is 8.45. The normalized spacial score (nSPS) is 11.4. The number of aromatic nitrogens is 3. The van der Waals surface area contributed by atoms with Crippen LogP contribution in [0.5, 0.6) is 0 Å². The smallest absolute Gasteiger partial charge is 0.141 e. The number of hydrogen-bond donors (Lipinski definition) is 1. The van der Waals surface area contributed by atoms with Gasteiger partial charge in [-0.15, -0.1) is 0 Å². The largest absolute Gasteiger partial charge is 0.310 e. The molecule has 0 bridgehead atoms. The van der Waals surface area contributed by atoms with Crippen LogP contribution in [-0.2, 0) is 6.54 Å². The minimum absolute atomic E-state index is 0.387. The van der Waals surface area contributed by atoms with Crippen LogP contribution in [0.25, 0.3) is 0 Å². The zero-order chi connectivity index (χ0) is 14.6. The van der Waals surface area contributed by atoms with Crippen LogP contribution in [0.15, 0.2) is 6.33 Å². The second-order valence-electron chi connectivity index (χ2n) is 5.87. The molecular formula is C16H32N4. The van der Waals surface area contributed by atoms with Crippen molar-refractivity contribution in [1.29, 1.82) is 0 Å². The van der Waals surface area contributed by atoms with Gasteiger partial charge in [0.1, 0.15) is 12.2 Å². The number of nitrogens with one attached hydrogen (secondary N) is 1. The van der Waals surface area contributed by atoms with Crippen molar-refractivity contribution in [3.8, 4) is 0 Å². The summed E-state index contributed by atoms with van der Waals surface area (Å²) >= 11 is 0. The van der Waals surface area contributed by atoms with E-state index in [-0.39, 0.29) is 0 Å². The molecule has 0 spiro atoms. The van der Waals surface area contributed by atoms with E-state index in [1.54, 1.807) is 6.33 Å². The molecule has 20 heavy (non-hydrogen) atoms. The molecule has 0 atom stereocenters. The van der Waals surface area contributed by atoms with Crippen molar-refractivity contribution in [3.63, 3.8) is 0 Å². The first-order valence-electron chi connectivity index (χ1n) is 8.34. The minimum atomic E-state index is 0.387. The van der Waals surface area contributed by atoms with Crippen LogP contribution < -0.4 is 5.32 Å². The number of nitrogens with zero attached hydrogens (tertiary/aromatic N) is 3. The summed E-state index contributed by atoms with van der Waals surface area (Å²) in [6, 6.07) is 0.387. The Morgan fingerprint density at radius 1 is 1.05 bits per heavy atom. The van der Waals surface area contributed by atoms with Crippen LogP contribution in [0, 0.1) is 0 Å². The maximum absolute atomic E-state index is 4.30. The van der Waals surface area contributed by atoms with Crippen molar-refractivity contribution < 1.29 is 0 Å². The van der Waals surface area contributed by atoms with Crippen LogP contribution in [-0.4, -0.2) is 21.3 Å². The van der Waals surface area contributed by atoms with E-state index in [0.717, 1.165) is 18.9 Å². The number of hydrogen-bond acceptors (Lipinski definition) is 3. The van der Waals surface area contributed by atoms with Crippen LogP contribution in [0.4, 0.5) is 0 Å². The maximum Gasteiger partial charge on any atom is 0.141 e. The fourth-order valence-corrected chi connectivity index (χ4v) is 2.42. The fourth-order valence-electron chi connectivity index (χ4n) is 2.42. The summed E-state index contributed by atoms with van der Waals surface area (Å²) in [7, 11) is 0. The Morgan fingerprint density at radius 3 is 2.35 bits per heavy atom. The quantitative estimate of drug-likeness (QED) is 0.586. The third-order valence-corrected chi connectivity index (χ3v) is 3.63. The van der Waals surface area contributed by atoms with Gasteiger partial charge in [0.2, 0.25) is 0 Å². The van der Waals surface area contributed by atoms with Crippen molar-refractivity contribution in [1.82, 2.24) is 20.1 Å². The number of rotatable bonds is 12. The van der Waals surface area contributed by atoms with Crippen molar-refractivity contribution >= 4 is 0 Å². The molecule has 0 aliphatic rings. The molecule has 0 saturated heterocycles. The van der Waals surface area contributed by atoms with Gasteiger partial charge >= 0.3 is 0 Å². The average Bonchev–Trinajstić information content (AvgIpc) is 2.89. The first kappa shape index (κ1) is 17.2. The molecule has 1 rings (SSSR count). The van der Waals surface area contributed by atoms with Crippen molar-refractivity contribution in [2.75, 3.05) is 6.54 Å². The van der Waals surface area contributed by atoms with E-state index in [2.05, 4.69) is 36.2 Å². The fraction of sp³-hybridized carbons (Fsp3) is 0.875. The highest BCUT2D eigenvalue weighted by molar-refractivity contribution is 4.85. The van der Waals surface area contributed by atoms with Gasteiger partial charge in [-0.2, -0.15) is 5.10 Å². The second kappa shape index (κ2) is 10.8. The minimum Gasteiger partial charge on any atom is -0.310 e. The molecule has 0 aromatic carbocycles. The molecule has 0 amide bonds. The van der Waals surface area contributed by atoms with Gasteiger partial charge in [-0.25, -0.2) is 9.67 Å². The second-order valence-corrected chi connectivity index (χ2v) is 5.87. The van der Waals surface area contributed by atoms with E-state index in [9.17, 15) is 0 Å². The summed E-state index contributed by atoms with van der Waals surface area (Å²) in [5, 5.41) is 7.72. The third-order valence-electron chi connectivity index (χ3n) is 3.63. The number of unbranched alkanes of at least 4 members (excludes halogenated alkanes) is 7. The van der Waals surface area contributed by atoms with Crippen LogP contribution >= 0.6 is 0 Å². The molecule has 1 heterocycles. The van der Waals surface area contributed by atoms with Crippen LogP contribution in [0.2, 0.25) is 0 Å². The molecule has 0 fully saturated rings. The lowest BCUT2D eigenvalue weighted by atomic mass is 10.1. The predicted molar refractivity (Wildman–Crippen MR) is 84.7 cm³/mol. The topological polar surface area (TPSA) is 42.7 Å². The lowest BCUT2D eigenvalue weighted by Crippen LogP contribution is -2.19. The van der Waals surface area contributed by atoms with Crippen LogP contribution in [0.1, 0.15) is 84.0 Å². The monoisotopic (exact) mass is 280 g/mol. The molecule has 1 aromatic heterocycles. The van der Waals surface area contributed by atoms with Crippen LogP contribution in [0.3, 0.4) is 0 Å². The van der Waals surface area contributed by atoms with Gasteiger partial charge in [0.25, 0.3) is 0 Å². The Kier molecular flexibility index (Phi) is 9.29. The molecule has 0 aliphatic heterocycles. The van der Waals surface area contributed by atoms with E-state index < -0.39 is 0 Å². The van der Waals surface area contributed by atoms with Gasteiger partial charge in [-0.05, 0) is 26.8 Å². The first-order valence-corrected chi connectivity index (χ1v) is 8.34. The summed E-state index contributed by atoms with van der Waals surface area (Å²) in [5.74, 6) is 1.04. The standard InChI is InChI=1S/C16H32N4/c1-4-5-6-7-8-9-10-11-12-17-13-16-18-14-19-20(16)15(2)3/h14-15,17H,4-13H2,1-3H3. The van der Waals surface area contributed by atoms with E-state index in [4.69, 9.17) is 0 Å². The lowest BCUT2D eigenvalue weighted by Gasteiger charge is -2.10. The summed E-state index contributed by atoms with van der Waals surface area (Å²) in [5.41, 5.74) is 0. The first-order chi connectivity index (χ1) is 9.75. The van der Waals surface area contributed by atoms with Crippen molar-refractivity contribution in [3.05, 3.63) is 12.2 Å². The maximum atomic E-state index is 4.30. The van der Waals surface area contributed by atoms with E-state index in [1.165, 1.54) is 51.4 Å². The molecule has 1 N–H and O–H groups in total. The molecule has 1 aromatic rings. The van der Waals surface area contributed by atoms with Gasteiger partial charge in [-0.3, -0.25) is 0 Å². The van der Waals surface area contributed by atoms with E-state index in [1.807, 2.05) is 4.68 Å². The van der Waals surface area contributed by atoms with E-state index >= 15 is 0 Å². The van der Waals surface area contributed by atoms with Crippen molar-refractivity contribution in [2.45, 2.75) is 84.7 Å². The molecular weight excluding hydrogens is 248 g/mol. The molecule has 0 unspecified atom stereocenters.